The second kappa shape index (κ2) is 8.46. The molecule has 2 N–H and O–H groups in total. The molecule has 0 unspecified atom stereocenters. The van der Waals surface area contributed by atoms with Crippen LogP contribution in [0.5, 0.6) is 0 Å². The molecule has 1 saturated carbocycles. The molecule has 1 aliphatic rings. The molecular formula is C19H24N4O2. The Morgan fingerprint density at radius 1 is 1.16 bits per heavy atom. The van der Waals surface area contributed by atoms with Gasteiger partial charge < -0.3 is 10.6 Å². The SMILES string of the molecule is O=C(NCCn1cnc(C2CCCC2)cc1=O)NCc1ccccc1. The monoisotopic (exact) mass is 340 g/mol. The van der Waals surface area contributed by atoms with Crippen LogP contribution in [0.2, 0.25) is 0 Å². The van der Waals surface area contributed by atoms with Gasteiger partial charge in [-0.25, -0.2) is 9.78 Å². The third-order valence-electron chi connectivity index (χ3n) is 4.61. The lowest BCUT2D eigenvalue weighted by Gasteiger charge is -2.11. The molecule has 1 aromatic carbocycles. The second-order valence-electron chi connectivity index (χ2n) is 6.42. The Hall–Kier alpha value is -2.63. The Morgan fingerprint density at radius 2 is 1.92 bits per heavy atom. The average Bonchev–Trinajstić information content (AvgIpc) is 3.17. The van der Waals surface area contributed by atoms with E-state index < -0.39 is 0 Å². The van der Waals surface area contributed by atoms with E-state index in [1.807, 2.05) is 30.3 Å². The number of amides is 2. The van der Waals surface area contributed by atoms with Crippen molar-refractivity contribution in [3.63, 3.8) is 0 Å². The van der Waals surface area contributed by atoms with E-state index in [1.54, 1.807) is 12.4 Å². The summed E-state index contributed by atoms with van der Waals surface area (Å²) in [7, 11) is 0. The van der Waals surface area contributed by atoms with E-state index in [9.17, 15) is 9.59 Å². The number of hydrogen-bond donors (Lipinski definition) is 2. The van der Waals surface area contributed by atoms with Crippen LogP contribution in [0.1, 0.15) is 42.9 Å². The maximum Gasteiger partial charge on any atom is 0.315 e. The van der Waals surface area contributed by atoms with Crippen molar-refractivity contribution in [3.8, 4) is 0 Å². The van der Waals surface area contributed by atoms with Crippen LogP contribution in [0.3, 0.4) is 0 Å². The van der Waals surface area contributed by atoms with Crippen LogP contribution in [0.4, 0.5) is 4.79 Å². The minimum atomic E-state index is -0.243. The Morgan fingerprint density at radius 3 is 2.64 bits per heavy atom. The molecule has 132 valence electrons. The summed E-state index contributed by atoms with van der Waals surface area (Å²) in [6, 6.07) is 11.1. The summed E-state index contributed by atoms with van der Waals surface area (Å²) in [6.45, 7) is 1.27. The fourth-order valence-corrected chi connectivity index (χ4v) is 3.18. The number of carbonyl (C=O) groups excluding carboxylic acids is 1. The number of benzene rings is 1. The maximum atomic E-state index is 12.2. The highest BCUT2D eigenvalue weighted by Gasteiger charge is 2.18. The Balaban J connectivity index is 1.43. The van der Waals surface area contributed by atoms with Crippen LogP contribution in [0.25, 0.3) is 0 Å². The van der Waals surface area contributed by atoms with Crippen molar-refractivity contribution in [2.24, 2.45) is 0 Å². The van der Waals surface area contributed by atoms with Crippen molar-refractivity contribution in [3.05, 3.63) is 64.3 Å². The molecule has 1 heterocycles. The van der Waals surface area contributed by atoms with Gasteiger partial charge in [0.15, 0.2) is 0 Å². The zero-order valence-corrected chi connectivity index (χ0v) is 14.3. The number of hydrogen-bond acceptors (Lipinski definition) is 3. The molecular weight excluding hydrogens is 316 g/mol. The Labute approximate surface area is 147 Å². The molecule has 0 bridgehead atoms. The predicted octanol–water partition coefficient (Wildman–Crippen LogP) is 2.40. The zero-order valence-electron chi connectivity index (χ0n) is 14.3. The molecule has 2 amide bonds. The fraction of sp³-hybridized carbons (Fsp3) is 0.421. The molecule has 1 aliphatic carbocycles. The average molecular weight is 340 g/mol. The van der Waals surface area contributed by atoms with E-state index in [1.165, 1.54) is 17.4 Å². The van der Waals surface area contributed by atoms with Gasteiger partial charge in [0.2, 0.25) is 0 Å². The molecule has 0 spiro atoms. The smallest absolute Gasteiger partial charge is 0.315 e. The van der Waals surface area contributed by atoms with Crippen molar-refractivity contribution < 1.29 is 4.79 Å². The number of nitrogens with zero attached hydrogens (tertiary/aromatic N) is 2. The molecule has 0 atom stereocenters. The third kappa shape index (κ3) is 4.92. The second-order valence-corrected chi connectivity index (χ2v) is 6.42. The van der Waals surface area contributed by atoms with E-state index in [0.29, 0.717) is 25.6 Å². The van der Waals surface area contributed by atoms with Gasteiger partial charge in [0, 0.05) is 31.6 Å². The van der Waals surface area contributed by atoms with Gasteiger partial charge in [-0.05, 0) is 18.4 Å². The minimum Gasteiger partial charge on any atom is -0.336 e. The predicted molar refractivity (Wildman–Crippen MR) is 96.4 cm³/mol. The number of carbonyl (C=O) groups is 1. The molecule has 25 heavy (non-hydrogen) atoms. The molecule has 1 aromatic heterocycles. The lowest BCUT2D eigenvalue weighted by atomic mass is 10.0. The summed E-state index contributed by atoms with van der Waals surface area (Å²) < 4.78 is 1.54. The van der Waals surface area contributed by atoms with Gasteiger partial charge in [-0.15, -0.1) is 0 Å². The fourth-order valence-electron chi connectivity index (χ4n) is 3.18. The van der Waals surface area contributed by atoms with Crippen LogP contribution in [0.15, 0.2) is 47.5 Å². The van der Waals surface area contributed by atoms with Crippen molar-refractivity contribution >= 4 is 6.03 Å². The summed E-state index contributed by atoms with van der Waals surface area (Å²) >= 11 is 0. The highest BCUT2D eigenvalue weighted by atomic mass is 16.2. The van der Waals surface area contributed by atoms with Crippen LogP contribution in [-0.2, 0) is 13.1 Å². The number of rotatable bonds is 6. The van der Waals surface area contributed by atoms with Crippen LogP contribution in [0, 0.1) is 0 Å². The van der Waals surface area contributed by atoms with Gasteiger partial charge in [-0.2, -0.15) is 0 Å². The van der Waals surface area contributed by atoms with E-state index in [0.717, 1.165) is 24.1 Å². The molecule has 0 saturated heterocycles. The Kier molecular flexibility index (Phi) is 5.82. The van der Waals surface area contributed by atoms with E-state index in [2.05, 4.69) is 15.6 Å². The highest BCUT2D eigenvalue weighted by Crippen LogP contribution is 2.32. The number of nitrogens with one attached hydrogen (secondary N) is 2. The van der Waals surface area contributed by atoms with Crippen molar-refractivity contribution in [1.29, 1.82) is 0 Å². The number of urea groups is 1. The standard InChI is InChI=1S/C19H24N4O2/c24-18-12-17(16-8-4-5-9-16)22-14-23(18)11-10-20-19(25)21-13-15-6-2-1-3-7-15/h1-3,6-7,12,14,16H,4-5,8-11,13H2,(H2,20,21,25). The largest absolute Gasteiger partial charge is 0.336 e. The first-order chi connectivity index (χ1) is 12.2. The molecule has 6 nitrogen and oxygen atoms in total. The quantitative estimate of drug-likeness (QED) is 0.848. The minimum absolute atomic E-state index is 0.0524. The summed E-state index contributed by atoms with van der Waals surface area (Å²) in [5.41, 5.74) is 1.90. The molecule has 0 radical (unpaired) electrons. The van der Waals surface area contributed by atoms with Gasteiger partial charge in [-0.1, -0.05) is 43.2 Å². The summed E-state index contributed by atoms with van der Waals surface area (Å²) in [4.78, 5) is 28.4. The van der Waals surface area contributed by atoms with Gasteiger partial charge in [0.05, 0.1) is 12.0 Å². The Bertz CT molecular complexity index is 752. The summed E-state index contributed by atoms with van der Waals surface area (Å²) in [5.74, 6) is 0.434. The molecule has 6 heteroatoms. The lowest BCUT2D eigenvalue weighted by molar-refractivity contribution is 0.240. The zero-order chi connectivity index (χ0) is 17.5. The van der Waals surface area contributed by atoms with E-state index in [4.69, 9.17) is 0 Å². The van der Waals surface area contributed by atoms with Crippen LogP contribution >= 0.6 is 0 Å². The molecule has 2 aromatic rings. The number of aromatic nitrogens is 2. The maximum absolute atomic E-state index is 12.2. The molecule has 1 fully saturated rings. The van der Waals surface area contributed by atoms with E-state index in [-0.39, 0.29) is 11.6 Å². The van der Waals surface area contributed by atoms with E-state index >= 15 is 0 Å². The molecule has 0 aliphatic heterocycles. The first kappa shape index (κ1) is 17.2. The normalized spacial score (nSPS) is 14.4. The summed E-state index contributed by atoms with van der Waals surface area (Å²) in [6.07, 6.45) is 6.29. The third-order valence-corrected chi connectivity index (χ3v) is 4.61. The van der Waals surface area contributed by atoms with Gasteiger partial charge >= 0.3 is 6.03 Å². The van der Waals surface area contributed by atoms with Gasteiger partial charge in [-0.3, -0.25) is 9.36 Å². The van der Waals surface area contributed by atoms with Crippen LogP contribution < -0.4 is 16.2 Å². The highest BCUT2D eigenvalue weighted by molar-refractivity contribution is 5.73. The molecule has 3 rings (SSSR count). The topological polar surface area (TPSA) is 76.0 Å². The van der Waals surface area contributed by atoms with Crippen molar-refractivity contribution in [1.82, 2.24) is 20.2 Å². The summed E-state index contributed by atoms with van der Waals surface area (Å²) in [5, 5.41) is 5.55. The van der Waals surface area contributed by atoms with Gasteiger partial charge in [0.1, 0.15) is 0 Å². The van der Waals surface area contributed by atoms with Crippen LogP contribution in [-0.4, -0.2) is 22.1 Å². The first-order valence-corrected chi connectivity index (χ1v) is 8.84. The van der Waals surface area contributed by atoms with Crippen molar-refractivity contribution in [2.75, 3.05) is 6.54 Å². The van der Waals surface area contributed by atoms with Gasteiger partial charge in [0.25, 0.3) is 5.56 Å². The lowest BCUT2D eigenvalue weighted by Crippen LogP contribution is -2.38. The van der Waals surface area contributed by atoms with Crippen molar-refractivity contribution in [2.45, 2.75) is 44.7 Å². The first-order valence-electron chi connectivity index (χ1n) is 8.84.